The predicted molar refractivity (Wildman–Crippen MR) is 87.9 cm³/mol. The van der Waals surface area contributed by atoms with E-state index in [2.05, 4.69) is 31.9 Å². The lowest BCUT2D eigenvalue weighted by Gasteiger charge is -2.16. The van der Waals surface area contributed by atoms with Gasteiger partial charge in [-0.05, 0) is 40.2 Å². The van der Waals surface area contributed by atoms with E-state index in [0.717, 1.165) is 5.56 Å². The molecule has 2 aromatic carbocycles. The standard InChI is InChI=1S/C14H9Br2Cl2FO/c1-20-13-4-7(17)2-3-8(13)14(16)9-5-11(18)10(15)6-12(9)19/h2-6,14H,1H3. The van der Waals surface area contributed by atoms with Crippen molar-refractivity contribution in [3.8, 4) is 5.75 Å². The van der Waals surface area contributed by atoms with Crippen LogP contribution in [-0.4, -0.2) is 7.11 Å². The molecule has 0 saturated carbocycles. The molecule has 0 aliphatic carbocycles. The molecule has 2 rings (SSSR count). The summed E-state index contributed by atoms with van der Waals surface area (Å²) >= 11 is 18.6. The first kappa shape index (κ1) is 16.1. The highest BCUT2D eigenvalue weighted by atomic mass is 79.9. The summed E-state index contributed by atoms with van der Waals surface area (Å²) in [6.07, 6.45) is 0. The van der Waals surface area contributed by atoms with Gasteiger partial charge in [-0.1, -0.05) is 45.2 Å². The van der Waals surface area contributed by atoms with Gasteiger partial charge in [0.05, 0.1) is 17.0 Å². The molecular weight excluding hydrogens is 434 g/mol. The summed E-state index contributed by atoms with van der Waals surface area (Å²) in [6, 6.07) is 8.12. The monoisotopic (exact) mass is 440 g/mol. The quantitative estimate of drug-likeness (QED) is 0.395. The van der Waals surface area contributed by atoms with Gasteiger partial charge in [0.2, 0.25) is 0 Å². The second-order valence-corrected chi connectivity index (χ2v) is 6.65. The first-order valence-electron chi connectivity index (χ1n) is 5.56. The fourth-order valence-electron chi connectivity index (χ4n) is 1.79. The predicted octanol–water partition coefficient (Wildman–Crippen LogP) is 6.39. The van der Waals surface area contributed by atoms with Gasteiger partial charge in [-0.15, -0.1) is 0 Å². The van der Waals surface area contributed by atoms with Crippen molar-refractivity contribution in [1.82, 2.24) is 0 Å². The number of rotatable bonds is 3. The summed E-state index contributed by atoms with van der Waals surface area (Å²) in [4.78, 5) is -0.389. The maximum Gasteiger partial charge on any atom is 0.129 e. The highest BCUT2D eigenvalue weighted by molar-refractivity contribution is 9.10. The summed E-state index contributed by atoms with van der Waals surface area (Å²) in [5.74, 6) is 0.220. The minimum atomic E-state index is -0.389. The van der Waals surface area contributed by atoms with Gasteiger partial charge in [0.15, 0.2) is 0 Å². The largest absolute Gasteiger partial charge is 0.496 e. The van der Waals surface area contributed by atoms with E-state index in [4.69, 9.17) is 27.9 Å². The van der Waals surface area contributed by atoms with Crippen LogP contribution >= 0.6 is 55.1 Å². The molecule has 6 heteroatoms. The molecule has 1 nitrogen and oxygen atoms in total. The van der Waals surface area contributed by atoms with Crippen LogP contribution in [0.1, 0.15) is 16.0 Å². The van der Waals surface area contributed by atoms with E-state index in [1.165, 1.54) is 6.07 Å². The number of alkyl halides is 1. The van der Waals surface area contributed by atoms with Gasteiger partial charge in [0.25, 0.3) is 0 Å². The number of ether oxygens (including phenoxy) is 1. The minimum absolute atomic E-state index is 0.361. The summed E-state index contributed by atoms with van der Waals surface area (Å²) in [6.45, 7) is 0. The lowest BCUT2D eigenvalue weighted by molar-refractivity contribution is 0.410. The van der Waals surface area contributed by atoms with E-state index in [9.17, 15) is 4.39 Å². The minimum Gasteiger partial charge on any atom is -0.496 e. The third kappa shape index (κ3) is 3.30. The number of methoxy groups -OCH3 is 1. The lowest BCUT2D eigenvalue weighted by Crippen LogP contribution is -2.00. The Morgan fingerprint density at radius 3 is 2.50 bits per heavy atom. The molecule has 2 aromatic rings. The van der Waals surface area contributed by atoms with Crippen LogP contribution in [0.2, 0.25) is 10.0 Å². The molecule has 0 aliphatic heterocycles. The smallest absolute Gasteiger partial charge is 0.129 e. The molecule has 0 saturated heterocycles. The summed E-state index contributed by atoms with van der Waals surface area (Å²) < 4.78 is 19.9. The van der Waals surface area contributed by atoms with Crippen LogP contribution in [0, 0.1) is 5.82 Å². The van der Waals surface area contributed by atoms with Crippen molar-refractivity contribution >= 4 is 55.1 Å². The van der Waals surface area contributed by atoms with E-state index in [1.54, 1.807) is 31.4 Å². The van der Waals surface area contributed by atoms with E-state index in [0.29, 0.717) is 25.8 Å². The zero-order valence-electron chi connectivity index (χ0n) is 10.3. The van der Waals surface area contributed by atoms with Crippen molar-refractivity contribution in [2.75, 3.05) is 7.11 Å². The molecular formula is C14H9Br2Cl2FO. The maximum atomic E-state index is 14.1. The van der Waals surface area contributed by atoms with Crippen LogP contribution in [0.3, 0.4) is 0 Å². The van der Waals surface area contributed by atoms with Gasteiger partial charge in [-0.2, -0.15) is 0 Å². The second kappa shape index (κ2) is 6.65. The highest BCUT2D eigenvalue weighted by Crippen LogP contribution is 2.40. The summed E-state index contributed by atoms with van der Waals surface area (Å²) in [5.41, 5.74) is 1.20. The average molecular weight is 443 g/mol. The molecule has 0 aliphatic rings. The van der Waals surface area contributed by atoms with E-state index >= 15 is 0 Å². The Hall–Kier alpha value is -0.290. The van der Waals surface area contributed by atoms with Crippen molar-refractivity contribution in [3.05, 3.63) is 61.8 Å². The van der Waals surface area contributed by atoms with Gasteiger partial charge in [-0.3, -0.25) is 0 Å². The van der Waals surface area contributed by atoms with Crippen LogP contribution in [0.15, 0.2) is 34.8 Å². The fraction of sp³-hybridized carbons (Fsp3) is 0.143. The zero-order chi connectivity index (χ0) is 14.9. The number of hydrogen-bond donors (Lipinski definition) is 0. The van der Waals surface area contributed by atoms with Crippen molar-refractivity contribution in [2.45, 2.75) is 4.83 Å². The topological polar surface area (TPSA) is 9.23 Å². The van der Waals surface area contributed by atoms with Gasteiger partial charge in [-0.25, -0.2) is 4.39 Å². The first-order chi connectivity index (χ1) is 9.43. The number of halogens is 5. The van der Waals surface area contributed by atoms with Crippen molar-refractivity contribution in [3.63, 3.8) is 0 Å². The maximum absolute atomic E-state index is 14.1. The Labute approximate surface area is 143 Å². The molecule has 0 amide bonds. The molecule has 0 fully saturated rings. The molecule has 20 heavy (non-hydrogen) atoms. The lowest BCUT2D eigenvalue weighted by atomic mass is 10.0. The third-order valence-electron chi connectivity index (χ3n) is 2.78. The van der Waals surface area contributed by atoms with Crippen LogP contribution in [-0.2, 0) is 0 Å². The van der Waals surface area contributed by atoms with Crippen LogP contribution in [0.5, 0.6) is 5.75 Å². The fourth-order valence-corrected chi connectivity index (χ4v) is 3.17. The molecule has 0 N–H and O–H groups in total. The van der Waals surface area contributed by atoms with Crippen molar-refractivity contribution in [1.29, 1.82) is 0 Å². The zero-order valence-corrected chi connectivity index (χ0v) is 14.9. The summed E-state index contributed by atoms with van der Waals surface area (Å²) in [7, 11) is 1.54. The van der Waals surface area contributed by atoms with Crippen LogP contribution in [0.4, 0.5) is 4.39 Å². The van der Waals surface area contributed by atoms with E-state index < -0.39 is 0 Å². The van der Waals surface area contributed by atoms with Gasteiger partial charge in [0.1, 0.15) is 11.6 Å². The second-order valence-electron chi connectivity index (χ2n) is 4.04. The molecule has 0 radical (unpaired) electrons. The van der Waals surface area contributed by atoms with Gasteiger partial charge >= 0.3 is 0 Å². The van der Waals surface area contributed by atoms with Crippen LogP contribution < -0.4 is 4.74 Å². The Morgan fingerprint density at radius 1 is 1.15 bits per heavy atom. The Kier molecular flexibility index (Phi) is 5.35. The van der Waals surface area contributed by atoms with Gasteiger partial charge < -0.3 is 4.74 Å². The molecule has 1 unspecified atom stereocenters. The summed E-state index contributed by atoms with van der Waals surface area (Å²) in [5, 5.41) is 0.999. The van der Waals surface area contributed by atoms with Crippen LogP contribution in [0.25, 0.3) is 0 Å². The number of benzene rings is 2. The van der Waals surface area contributed by atoms with Crippen molar-refractivity contribution in [2.24, 2.45) is 0 Å². The Morgan fingerprint density at radius 2 is 1.85 bits per heavy atom. The van der Waals surface area contributed by atoms with Gasteiger partial charge in [0, 0.05) is 20.6 Å². The van der Waals surface area contributed by atoms with E-state index in [-0.39, 0.29) is 10.6 Å². The van der Waals surface area contributed by atoms with E-state index in [1.807, 2.05) is 0 Å². The average Bonchev–Trinajstić information content (AvgIpc) is 2.42. The third-order valence-corrected chi connectivity index (χ3v) is 5.20. The SMILES string of the molecule is COc1cc(Cl)ccc1C(Br)c1cc(Cl)c(Br)cc1F. The van der Waals surface area contributed by atoms with Crippen molar-refractivity contribution < 1.29 is 9.13 Å². The first-order valence-corrected chi connectivity index (χ1v) is 8.02. The molecule has 0 bridgehead atoms. The molecule has 106 valence electrons. The normalized spacial score (nSPS) is 12.3. The molecule has 0 aromatic heterocycles. The Bertz CT molecular complexity index is 649. The highest BCUT2D eigenvalue weighted by Gasteiger charge is 2.20. The molecule has 0 spiro atoms. The number of hydrogen-bond acceptors (Lipinski definition) is 1. The molecule has 0 heterocycles. The molecule has 1 atom stereocenters. The Balaban J connectivity index is 2.51.